The fraction of sp³-hybridized carbons (Fsp3) is 0. The number of nitro groups is 1. The first-order chi connectivity index (χ1) is 11.5. The summed E-state index contributed by atoms with van der Waals surface area (Å²) in [5.41, 5.74) is 0.898. The van der Waals surface area contributed by atoms with Crippen LogP contribution < -0.4 is 0 Å². The molecular formula is C16H10N2O4S2. The lowest BCUT2D eigenvalue weighted by molar-refractivity contribution is -0.385. The van der Waals surface area contributed by atoms with Crippen LogP contribution in [0.2, 0.25) is 0 Å². The van der Waals surface area contributed by atoms with Gasteiger partial charge in [0.15, 0.2) is 4.34 Å². The van der Waals surface area contributed by atoms with Gasteiger partial charge in [0.2, 0.25) is 0 Å². The molecule has 120 valence electrons. The predicted octanol–water partition coefficient (Wildman–Crippen LogP) is 4.42. The van der Waals surface area contributed by atoms with Crippen LogP contribution in [0.15, 0.2) is 57.8 Å². The van der Waals surface area contributed by atoms with Crippen LogP contribution in [-0.2, 0) is 4.79 Å². The second-order valence-electron chi connectivity index (χ2n) is 4.68. The normalized spacial score (nSPS) is 11.6. The van der Waals surface area contributed by atoms with Gasteiger partial charge in [-0.1, -0.05) is 36.0 Å². The summed E-state index contributed by atoms with van der Waals surface area (Å²) in [7, 11) is 0. The maximum Gasteiger partial charge on any atom is 0.342 e. The minimum atomic E-state index is -1.16. The summed E-state index contributed by atoms with van der Waals surface area (Å²) in [6.07, 6.45) is 1.30. The molecule has 0 aliphatic rings. The summed E-state index contributed by atoms with van der Waals surface area (Å²) in [6, 6.07) is 13.5. The Kier molecular flexibility index (Phi) is 4.59. The highest BCUT2D eigenvalue weighted by atomic mass is 32.2. The monoisotopic (exact) mass is 358 g/mol. The first-order valence-corrected chi connectivity index (χ1v) is 8.40. The fourth-order valence-corrected chi connectivity index (χ4v) is 4.05. The molecule has 1 N–H and O–H groups in total. The second-order valence-corrected chi connectivity index (χ2v) is 7.00. The Morgan fingerprint density at radius 2 is 1.92 bits per heavy atom. The smallest absolute Gasteiger partial charge is 0.342 e. The van der Waals surface area contributed by atoms with Gasteiger partial charge in [-0.05, 0) is 24.3 Å². The molecule has 1 heterocycles. The molecule has 3 aromatic rings. The number of nitrogens with zero attached hydrogens (tertiary/aromatic N) is 2. The Balaban J connectivity index is 1.98. The van der Waals surface area contributed by atoms with E-state index in [4.69, 9.17) is 0 Å². The van der Waals surface area contributed by atoms with Crippen LogP contribution in [-0.4, -0.2) is 21.0 Å². The highest BCUT2D eigenvalue weighted by molar-refractivity contribution is 8.05. The fourth-order valence-electron chi connectivity index (χ4n) is 2.04. The van der Waals surface area contributed by atoms with E-state index in [9.17, 15) is 20.0 Å². The van der Waals surface area contributed by atoms with E-state index in [2.05, 4.69) is 4.98 Å². The molecule has 0 atom stereocenters. The van der Waals surface area contributed by atoms with E-state index >= 15 is 0 Å². The van der Waals surface area contributed by atoms with E-state index in [0.717, 1.165) is 22.0 Å². The van der Waals surface area contributed by atoms with Crippen molar-refractivity contribution in [3.05, 3.63) is 69.1 Å². The molecule has 0 fully saturated rings. The van der Waals surface area contributed by atoms with Crippen LogP contribution in [0.25, 0.3) is 16.3 Å². The molecule has 3 rings (SSSR count). The molecule has 0 radical (unpaired) electrons. The number of fused-ring (bicyclic) bond motifs is 1. The van der Waals surface area contributed by atoms with Gasteiger partial charge in [-0.2, -0.15) is 0 Å². The lowest BCUT2D eigenvalue weighted by Crippen LogP contribution is -1.98. The quantitative estimate of drug-likeness (QED) is 0.314. The van der Waals surface area contributed by atoms with Crippen LogP contribution in [0.5, 0.6) is 0 Å². The van der Waals surface area contributed by atoms with Gasteiger partial charge in [-0.25, -0.2) is 9.78 Å². The highest BCUT2D eigenvalue weighted by Gasteiger charge is 2.17. The lowest BCUT2D eigenvalue weighted by atomic mass is 10.1. The summed E-state index contributed by atoms with van der Waals surface area (Å²) in [4.78, 5) is 26.4. The number of benzene rings is 2. The van der Waals surface area contributed by atoms with Crippen molar-refractivity contribution in [3.8, 4) is 0 Å². The predicted molar refractivity (Wildman–Crippen MR) is 94.2 cm³/mol. The van der Waals surface area contributed by atoms with Crippen molar-refractivity contribution in [3.63, 3.8) is 0 Å². The summed E-state index contributed by atoms with van der Waals surface area (Å²) < 4.78 is 1.53. The van der Waals surface area contributed by atoms with Crippen LogP contribution >= 0.6 is 23.1 Å². The average Bonchev–Trinajstić information content (AvgIpc) is 2.96. The molecule has 1 aromatic heterocycles. The SMILES string of the molecule is O=C(O)/C(=C\c1ccccc1[N+](=O)[O-])Sc1nc2ccccc2s1. The number of rotatable bonds is 5. The minimum Gasteiger partial charge on any atom is -0.477 e. The summed E-state index contributed by atoms with van der Waals surface area (Å²) in [5, 5.41) is 20.5. The lowest BCUT2D eigenvalue weighted by Gasteiger charge is -2.01. The van der Waals surface area contributed by atoms with Gasteiger partial charge in [0.25, 0.3) is 5.69 Å². The van der Waals surface area contributed by atoms with Gasteiger partial charge in [-0.3, -0.25) is 10.1 Å². The van der Waals surface area contributed by atoms with Crippen molar-refractivity contribution >= 4 is 51.0 Å². The number of carbonyl (C=O) groups is 1. The summed E-state index contributed by atoms with van der Waals surface area (Å²) >= 11 is 2.36. The molecule has 6 nitrogen and oxygen atoms in total. The number of carboxylic acids is 1. The van der Waals surface area contributed by atoms with Crippen molar-refractivity contribution in [1.29, 1.82) is 0 Å². The number of aromatic nitrogens is 1. The molecule has 0 bridgehead atoms. The number of carboxylic acid groups (broad SMARTS) is 1. The molecule has 8 heteroatoms. The van der Waals surface area contributed by atoms with Crippen molar-refractivity contribution in [2.75, 3.05) is 0 Å². The van der Waals surface area contributed by atoms with E-state index in [1.54, 1.807) is 6.07 Å². The molecular weight excluding hydrogens is 348 g/mol. The van der Waals surface area contributed by atoms with Crippen LogP contribution in [0.1, 0.15) is 5.56 Å². The summed E-state index contributed by atoms with van der Waals surface area (Å²) in [6.45, 7) is 0. The first-order valence-electron chi connectivity index (χ1n) is 6.76. The third-order valence-corrected chi connectivity index (χ3v) is 5.21. The maximum atomic E-state index is 11.5. The zero-order valence-corrected chi connectivity index (χ0v) is 13.7. The van der Waals surface area contributed by atoms with Crippen LogP contribution in [0.3, 0.4) is 0 Å². The Labute approximate surface area is 144 Å². The van der Waals surface area contributed by atoms with Crippen LogP contribution in [0.4, 0.5) is 5.69 Å². The third kappa shape index (κ3) is 3.44. The highest BCUT2D eigenvalue weighted by Crippen LogP contribution is 2.35. The number of aliphatic carboxylic acids is 1. The Hall–Kier alpha value is -2.71. The van der Waals surface area contributed by atoms with Crippen molar-refractivity contribution in [2.45, 2.75) is 4.34 Å². The molecule has 0 amide bonds. The van der Waals surface area contributed by atoms with Crippen LogP contribution in [0, 0.1) is 10.1 Å². The van der Waals surface area contributed by atoms with E-state index < -0.39 is 10.9 Å². The number of thioether (sulfide) groups is 1. The molecule has 0 aliphatic carbocycles. The Morgan fingerprint density at radius 1 is 1.21 bits per heavy atom. The minimum absolute atomic E-state index is 0.0247. The Morgan fingerprint density at radius 3 is 2.62 bits per heavy atom. The molecule has 0 saturated carbocycles. The molecule has 0 saturated heterocycles. The standard InChI is InChI=1S/C16H10N2O4S2/c19-15(20)14(9-10-5-1-3-7-12(10)18(21)22)24-16-17-11-6-2-4-8-13(11)23-16/h1-9H,(H,19,20)/b14-9+. The topological polar surface area (TPSA) is 93.3 Å². The molecule has 2 aromatic carbocycles. The van der Waals surface area contributed by atoms with Gasteiger partial charge < -0.3 is 5.11 Å². The van der Waals surface area contributed by atoms with E-state index in [0.29, 0.717) is 4.34 Å². The number of hydrogen-bond donors (Lipinski definition) is 1. The van der Waals surface area contributed by atoms with Crippen molar-refractivity contribution in [1.82, 2.24) is 4.98 Å². The van der Waals surface area contributed by atoms with Crippen molar-refractivity contribution in [2.24, 2.45) is 0 Å². The van der Waals surface area contributed by atoms with Gasteiger partial charge in [0, 0.05) is 6.07 Å². The van der Waals surface area contributed by atoms with E-state index in [1.165, 1.54) is 35.6 Å². The van der Waals surface area contributed by atoms with Gasteiger partial charge in [-0.15, -0.1) is 11.3 Å². The zero-order valence-electron chi connectivity index (χ0n) is 12.1. The number of hydrogen-bond acceptors (Lipinski definition) is 6. The average molecular weight is 358 g/mol. The van der Waals surface area contributed by atoms with Gasteiger partial charge in [0.05, 0.1) is 20.7 Å². The largest absolute Gasteiger partial charge is 0.477 e. The second kappa shape index (κ2) is 6.81. The maximum absolute atomic E-state index is 11.5. The molecule has 0 aliphatic heterocycles. The summed E-state index contributed by atoms with van der Waals surface area (Å²) in [5.74, 6) is -1.16. The van der Waals surface area contributed by atoms with Crippen molar-refractivity contribution < 1.29 is 14.8 Å². The molecule has 0 spiro atoms. The van der Waals surface area contributed by atoms with Gasteiger partial charge >= 0.3 is 5.97 Å². The van der Waals surface area contributed by atoms with Gasteiger partial charge in [0.1, 0.15) is 4.91 Å². The Bertz CT molecular complexity index is 932. The third-order valence-electron chi connectivity index (χ3n) is 3.10. The van der Waals surface area contributed by atoms with E-state index in [-0.39, 0.29) is 16.2 Å². The number of thiazole rings is 1. The molecule has 0 unspecified atom stereocenters. The number of nitro benzene ring substituents is 1. The zero-order chi connectivity index (χ0) is 17.1. The number of para-hydroxylation sites is 2. The first kappa shape index (κ1) is 16.2. The molecule has 24 heavy (non-hydrogen) atoms. The van der Waals surface area contributed by atoms with E-state index in [1.807, 2.05) is 24.3 Å².